The number of carbonyl (C=O) groups excluding carboxylic acids is 1. The van der Waals surface area contributed by atoms with Gasteiger partial charge in [-0.3, -0.25) is 9.59 Å². The first kappa shape index (κ1) is 20.3. The molecule has 0 radical (unpaired) electrons. The van der Waals surface area contributed by atoms with Gasteiger partial charge >= 0.3 is 0 Å². The van der Waals surface area contributed by atoms with Gasteiger partial charge < -0.3 is 9.73 Å². The first-order valence-corrected chi connectivity index (χ1v) is 10.1. The van der Waals surface area contributed by atoms with Crippen molar-refractivity contribution in [2.45, 2.75) is 6.92 Å². The van der Waals surface area contributed by atoms with Crippen molar-refractivity contribution in [2.24, 2.45) is 0 Å². The highest BCUT2D eigenvalue weighted by molar-refractivity contribution is 6.12. The summed E-state index contributed by atoms with van der Waals surface area (Å²) in [5.41, 5.74) is 1.39. The molecule has 2 heterocycles. The number of halogens is 1. The van der Waals surface area contributed by atoms with Crippen LogP contribution in [0.25, 0.3) is 28.0 Å². The van der Waals surface area contributed by atoms with Gasteiger partial charge in [0.25, 0.3) is 5.91 Å². The van der Waals surface area contributed by atoms with Crippen molar-refractivity contribution in [1.29, 1.82) is 0 Å². The highest BCUT2D eigenvalue weighted by Crippen LogP contribution is 2.29. The van der Waals surface area contributed by atoms with E-state index in [4.69, 9.17) is 4.42 Å². The molecule has 1 amide bonds. The minimum atomic E-state index is -0.640. The van der Waals surface area contributed by atoms with Crippen LogP contribution in [0.3, 0.4) is 0 Å². The van der Waals surface area contributed by atoms with Gasteiger partial charge in [0.15, 0.2) is 11.0 Å². The van der Waals surface area contributed by atoms with Crippen molar-refractivity contribution in [1.82, 2.24) is 14.8 Å². The first-order chi connectivity index (χ1) is 16.0. The molecule has 0 aliphatic rings. The zero-order chi connectivity index (χ0) is 22.9. The number of hydrogen-bond acceptors (Lipinski definition) is 5. The van der Waals surface area contributed by atoms with Crippen LogP contribution < -0.4 is 10.7 Å². The van der Waals surface area contributed by atoms with Crippen molar-refractivity contribution in [3.63, 3.8) is 0 Å². The van der Waals surface area contributed by atoms with Gasteiger partial charge in [0.2, 0.25) is 0 Å². The molecular formula is C25H17FN4O3. The lowest BCUT2D eigenvalue weighted by atomic mass is 10.0. The molecule has 0 fully saturated rings. The molecule has 33 heavy (non-hydrogen) atoms. The molecule has 0 unspecified atom stereocenters. The van der Waals surface area contributed by atoms with Crippen molar-refractivity contribution < 1.29 is 13.6 Å². The van der Waals surface area contributed by atoms with Crippen LogP contribution >= 0.6 is 0 Å². The van der Waals surface area contributed by atoms with Crippen molar-refractivity contribution in [2.75, 3.05) is 5.32 Å². The predicted molar refractivity (Wildman–Crippen MR) is 122 cm³/mol. The highest BCUT2D eigenvalue weighted by Gasteiger charge is 2.21. The zero-order valence-electron chi connectivity index (χ0n) is 17.4. The smallest absolute Gasteiger partial charge is 0.259 e. The number of rotatable bonds is 4. The minimum Gasteiger partial charge on any atom is -0.455 e. The van der Waals surface area contributed by atoms with E-state index in [0.717, 1.165) is 0 Å². The normalized spacial score (nSPS) is 11.0. The molecule has 5 aromatic rings. The fraction of sp³-hybridized carbons (Fsp3) is 0.0400. The Balaban J connectivity index is 1.64. The Kier molecular flexibility index (Phi) is 5.02. The van der Waals surface area contributed by atoms with E-state index in [1.807, 2.05) is 30.3 Å². The summed E-state index contributed by atoms with van der Waals surface area (Å²) in [6.45, 7) is 1.68. The molecule has 1 N–H and O–H groups in total. The van der Waals surface area contributed by atoms with Gasteiger partial charge in [0.1, 0.15) is 29.9 Å². The molecular weight excluding hydrogens is 423 g/mol. The predicted octanol–water partition coefficient (Wildman–Crippen LogP) is 4.74. The fourth-order valence-corrected chi connectivity index (χ4v) is 3.69. The molecule has 8 heteroatoms. The summed E-state index contributed by atoms with van der Waals surface area (Å²) in [6.07, 6.45) is 2.71. The molecule has 3 aromatic carbocycles. The number of amides is 1. The van der Waals surface area contributed by atoms with Crippen LogP contribution in [0, 0.1) is 12.7 Å². The average Bonchev–Trinajstić information content (AvgIpc) is 3.37. The highest BCUT2D eigenvalue weighted by atomic mass is 19.1. The number of carbonyl (C=O) groups is 1. The van der Waals surface area contributed by atoms with E-state index in [0.29, 0.717) is 22.6 Å². The fourth-order valence-electron chi connectivity index (χ4n) is 3.69. The molecule has 0 spiro atoms. The third-order valence-electron chi connectivity index (χ3n) is 5.32. The number of hydrogen-bond donors (Lipinski definition) is 1. The van der Waals surface area contributed by atoms with E-state index in [1.165, 1.54) is 35.5 Å². The molecule has 0 saturated heterocycles. The summed E-state index contributed by atoms with van der Waals surface area (Å²) < 4.78 is 22.1. The number of anilines is 1. The van der Waals surface area contributed by atoms with Gasteiger partial charge in [-0.2, -0.15) is 5.10 Å². The molecule has 0 saturated carbocycles. The largest absolute Gasteiger partial charge is 0.455 e. The maximum absolute atomic E-state index is 14.7. The topological polar surface area (TPSA) is 90.0 Å². The maximum atomic E-state index is 14.7. The Labute approximate surface area is 187 Å². The van der Waals surface area contributed by atoms with Crippen LogP contribution in [0.4, 0.5) is 10.1 Å². The lowest BCUT2D eigenvalue weighted by molar-refractivity contribution is 0.102. The van der Waals surface area contributed by atoms with Crippen molar-refractivity contribution in [3.8, 4) is 17.0 Å². The number of fused-ring (bicyclic) bond motifs is 1. The summed E-state index contributed by atoms with van der Waals surface area (Å²) in [7, 11) is 0. The Morgan fingerprint density at radius 1 is 1.03 bits per heavy atom. The summed E-state index contributed by atoms with van der Waals surface area (Å²) >= 11 is 0. The molecule has 0 aliphatic carbocycles. The summed E-state index contributed by atoms with van der Waals surface area (Å²) in [4.78, 5) is 30.2. The number of nitrogens with one attached hydrogen (secondary N) is 1. The number of nitrogens with zero attached hydrogens (tertiary/aromatic N) is 3. The maximum Gasteiger partial charge on any atom is 0.259 e. The number of aromatic nitrogens is 3. The lowest BCUT2D eigenvalue weighted by Crippen LogP contribution is -2.17. The van der Waals surface area contributed by atoms with Crippen molar-refractivity contribution in [3.05, 3.63) is 107 Å². The number of para-hydroxylation sites is 2. The van der Waals surface area contributed by atoms with Crippen molar-refractivity contribution >= 4 is 22.6 Å². The lowest BCUT2D eigenvalue weighted by Gasteiger charge is -2.13. The Morgan fingerprint density at radius 2 is 1.82 bits per heavy atom. The zero-order valence-corrected chi connectivity index (χ0v) is 17.4. The summed E-state index contributed by atoms with van der Waals surface area (Å²) in [5, 5.41) is 6.89. The molecule has 162 valence electrons. The third-order valence-corrected chi connectivity index (χ3v) is 5.32. The molecule has 0 aliphatic heterocycles. The second kappa shape index (κ2) is 8.16. The quantitative estimate of drug-likeness (QED) is 0.436. The van der Waals surface area contributed by atoms with Gasteiger partial charge in [-0.25, -0.2) is 14.1 Å². The Hall–Kier alpha value is -4.59. The Bertz CT molecular complexity index is 1540. The van der Waals surface area contributed by atoms with Crippen LogP contribution in [0.1, 0.15) is 15.9 Å². The molecule has 7 nitrogen and oxygen atoms in total. The SMILES string of the molecule is Cc1c(-c2ccccc2)oc2c(C(=O)Nc3c(F)cccc3-n3cncn3)cccc2c1=O. The Morgan fingerprint density at radius 3 is 2.58 bits per heavy atom. The van der Waals surface area contributed by atoms with Crippen LogP contribution in [-0.2, 0) is 0 Å². The van der Waals surface area contributed by atoms with Gasteiger partial charge in [-0.15, -0.1) is 0 Å². The average molecular weight is 440 g/mol. The van der Waals surface area contributed by atoms with Crippen LogP contribution in [0.2, 0.25) is 0 Å². The van der Waals surface area contributed by atoms with E-state index >= 15 is 0 Å². The molecule has 0 bridgehead atoms. The standard InChI is InChI=1S/C25H17FN4O3/c1-15-22(31)17-9-5-10-18(24(17)33-23(15)16-7-3-2-4-8-16)25(32)29-21-19(26)11-6-12-20(21)30-14-27-13-28-30/h2-14H,1H3,(H,29,32). The van der Waals surface area contributed by atoms with E-state index in [9.17, 15) is 14.0 Å². The van der Waals surface area contributed by atoms with Gasteiger partial charge in [-0.05, 0) is 31.2 Å². The second-order valence-electron chi connectivity index (χ2n) is 7.36. The van der Waals surface area contributed by atoms with E-state index < -0.39 is 11.7 Å². The monoisotopic (exact) mass is 440 g/mol. The van der Waals surface area contributed by atoms with Gasteiger partial charge in [-0.1, -0.05) is 42.5 Å². The van der Waals surface area contributed by atoms with Gasteiger partial charge in [0.05, 0.1) is 16.6 Å². The van der Waals surface area contributed by atoms with E-state index in [-0.39, 0.29) is 27.6 Å². The van der Waals surface area contributed by atoms with E-state index in [1.54, 1.807) is 25.1 Å². The number of benzene rings is 3. The third kappa shape index (κ3) is 3.57. The first-order valence-electron chi connectivity index (χ1n) is 10.1. The second-order valence-corrected chi connectivity index (χ2v) is 7.36. The van der Waals surface area contributed by atoms with Gasteiger partial charge in [0, 0.05) is 11.1 Å². The summed E-state index contributed by atoms with van der Waals surface area (Å²) in [5.74, 6) is -0.889. The molecule has 5 rings (SSSR count). The minimum absolute atomic E-state index is 0.0669. The van der Waals surface area contributed by atoms with Crippen LogP contribution in [0.15, 0.2) is 88.6 Å². The van der Waals surface area contributed by atoms with E-state index in [2.05, 4.69) is 15.4 Å². The van der Waals surface area contributed by atoms with Crippen LogP contribution in [-0.4, -0.2) is 20.7 Å². The molecule has 0 atom stereocenters. The van der Waals surface area contributed by atoms with Crippen LogP contribution in [0.5, 0.6) is 0 Å². The molecule has 2 aromatic heterocycles. The summed E-state index contributed by atoms with van der Waals surface area (Å²) in [6, 6.07) is 18.2.